The number of carbonyl (C=O) groups is 2. The molecule has 0 fully saturated rings. The molecule has 2 rings (SSSR count). The number of aryl methyl sites for hydroxylation is 1. The second-order valence-electron chi connectivity index (χ2n) is 4.46. The molecule has 102 valence electrons. The van der Waals surface area contributed by atoms with Gasteiger partial charge in [-0.05, 0) is 36.2 Å². The van der Waals surface area contributed by atoms with Crippen LogP contribution in [0.5, 0.6) is 0 Å². The fourth-order valence-corrected chi connectivity index (χ4v) is 2.04. The number of benzene rings is 2. The Balaban J connectivity index is 2.75. The fourth-order valence-electron chi connectivity index (χ4n) is 2.04. The van der Waals surface area contributed by atoms with Gasteiger partial charge in [0.15, 0.2) is 0 Å². The largest absolute Gasteiger partial charge is 0.478 e. The Morgan fingerprint density at radius 2 is 1.40 bits per heavy atom. The highest BCUT2D eigenvalue weighted by Gasteiger charge is 2.18. The number of hydrogen-bond acceptors (Lipinski definition) is 3. The van der Waals surface area contributed by atoms with Gasteiger partial charge in [-0.3, -0.25) is 0 Å². The third kappa shape index (κ3) is 2.47. The number of carboxylic acids is 2. The van der Waals surface area contributed by atoms with Crippen molar-refractivity contribution in [3.05, 3.63) is 53.1 Å². The Morgan fingerprint density at radius 1 is 0.900 bits per heavy atom. The number of rotatable bonds is 3. The molecule has 0 amide bonds. The second kappa shape index (κ2) is 5.05. The summed E-state index contributed by atoms with van der Waals surface area (Å²) in [4.78, 5) is 22.6. The summed E-state index contributed by atoms with van der Waals surface area (Å²) in [6.07, 6.45) is 0. The lowest BCUT2D eigenvalue weighted by Gasteiger charge is -2.11. The van der Waals surface area contributed by atoms with E-state index >= 15 is 0 Å². The molecule has 0 bridgehead atoms. The molecule has 0 aromatic heterocycles. The maximum Gasteiger partial charge on any atom is 0.336 e. The van der Waals surface area contributed by atoms with Crippen molar-refractivity contribution in [2.75, 3.05) is 5.73 Å². The first-order chi connectivity index (χ1) is 9.40. The van der Waals surface area contributed by atoms with Crippen LogP contribution >= 0.6 is 0 Å². The first-order valence-electron chi connectivity index (χ1n) is 5.87. The zero-order valence-corrected chi connectivity index (χ0v) is 10.8. The van der Waals surface area contributed by atoms with Crippen molar-refractivity contribution in [2.24, 2.45) is 0 Å². The number of nitrogen functional groups attached to an aromatic ring is 1. The molecule has 0 aliphatic rings. The molecule has 2 aromatic rings. The summed E-state index contributed by atoms with van der Waals surface area (Å²) in [6.45, 7) is 1.78. The summed E-state index contributed by atoms with van der Waals surface area (Å²) < 4.78 is 0. The lowest BCUT2D eigenvalue weighted by Crippen LogP contribution is -2.05. The number of hydrogen-bond donors (Lipinski definition) is 3. The summed E-state index contributed by atoms with van der Waals surface area (Å²) in [5.41, 5.74) is 7.44. The molecule has 2 aromatic carbocycles. The van der Waals surface area contributed by atoms with Crippen LogP contribution in [0.4, 0.5) is 5.69 Å². The Bertz CT molecular complexity index is 646. The van der Waals surface area contributed by atoms with E-state index in [0.29, 0.717) is 16.8 Å². The Morgan fingerprint density at radius 3 is 1.95 bits per heavy atom. The lowest BCUT2D eigenvalue weighted by atomic mass is 9.94. The maximum atomic E-state index is 11.3. The van der Waals surface area contributed by atoms with E-state index in [4.69, 9.17) is 5.73 Å². The highest BCUT2D eigenvalue weighted by molar-refractivity contribution is 6.02. The van der Waals surface area contributed by atoms with Crippen molar-refractivity contribution in [3.8, 4) is 11.1 Å². The normalized spacial score (nSPS) is 10.2. The lowest BCUT2D eigenvalue weighted by molar-refractivity contribution is 0.0684. The van der Waals surface area contributed by atoms with Crippen LogP contribution in [-0.2, 0) is 0 Å². The van der Waals surface area contributed by atoms with E-state index in [2.05, 4.69) is 0 Å². The Labute approximate surface area is 115 Å². The van der Waals surface area contributed by atoms with Gasteiger partial charge in [0.1, 0.15) is 0 Å². The molecule has 4 N–H and O–H groups in total. The molecule has 0 spiro atoms. The first kappa shape index (κ1) is 13.6. The highest BCUT2D eigenvalue weighted by atomic mass is 16.4. The van der Waals surface area contributed by atoms with E-state index in [1.165, 1.54) is 18.2 Å². The molecule has 0 aliphatic heterocycles. The van der Waals surface area contributed by atoms with Gasteiger partial charge >= 0.3 is 11.9 Å². The highest BCUT2D eigenvalue weighted by Crippen LogP contribution is 2.29. The van der Waals surface area contributed by atoms with Crippen molar-refractivity contribution < 1.29 is 19.8 Å². The average molecular weight is 271 g/mol. The number of aromatic carboxylic acids is 2. The van der Waals surface area contributed by atoms with Gasteiger partial charge in [0.2, 0.25) is 0 Å². The summed E-state index contributed by atoms with van der Waals surface area (Å²) in [7, 11) is 0. The van der Waals surface area contributed by atoms with Crippen LogP contribution in [0, 0.1) is 6.92 Å². The van der Waals surface area contributed by atoms with Crippen LogP contribution in [0.25, 0.3) is 11.1 Å². The van der Waals surface area contributed by atoms with Gasteiger partial charge in [-0.1, -0.05) is 23.8 Å². The predicted molar refractivity (Wildman–Crippen MR) is 74.9 cm³/mol. The average Bonchev–Trinajstić information content (AvgIpc) is 2.38. The minimum Gasteiger partial charge on any atom is -0.478 e. The maximum absolute atomic E-state index is 11.3. The summed E-state index contributed by atoms with van der Waals surface area (Å²) in [6, 6.07) is 9.26. The number of carboxylic acid groups (broad SMARTS) is 2. The fraction of sp³-hybridized carbons (Fsp3) is 0.0667. The van der Waals surface area contributed by atoms with E-state index in [-0.39, 0.29) is 11.1 Å². The van der Waals surface area contributed by atoms with Gasteiger partial charge in [0, 0.05) is 5.69 Å². The third-order valence-electron chi connectivity index (χ3n) is 2.97. The molecule has 0 unspecified atom stereocenters. The van der Waals surface area contributed by atoms with Crippen LogP contribution in [0.3, 0.4) is 0 Å². The Kier molecular flexibility index (Phi) is 3.43. The molecule has 0 radical (unpaired) electrons. The molecule has 0 atom stereocenters. The smallest absolute Gasteiger partial charge is 0.336 e. The van der Waals surface area contributed by atoms with E-state index in [1.54, 1.807) is 25.1 Å². The molecule has 5 nitrogen and oxygen atoms in total. The van der Waals surface area contributed by atoms with Gasteiger partial charge in [0.25, 0.3) is 0 Å². The SMILES string of the molecule is Cc1ccc(-c2ccc(N)cc2C(=O)O)c(C(=O)O)c1. The van der Waals surface area contributed by atoms with Gasteiger partial charge in [-0.15, -0.1) is 0 Å². The number of nitrogens with two attached hydrogens (primary N) is 1. The molecule has 0 aliphatic carbocycles. The van der Waals surface area contributed by atoms with Crippen LogP contribution < -0.4 is 5.73 Å². The van der Waals surface area contributed by atoms with Crippen molar-refractivity contribution in [1.29, 1.82) is 0 Å². The van der Waals surface area contributed by atoms with E-state index < -0.39 is 11.9 Å². The van der Waals surface area contributed by atoms with Gasteiger partial charge in [-0.25, -0.2) is 9.59 Å². The van der Waals surface area contributed by atoms with Crippen LogP contribution in [-0.4, -0.2) is 22.2 Å². The molecule has 5 heteroatoms. The van der Waals surface area contributed by atoms with E-state index in [9.17, 15) is 19.8 Å². The summed E-state index contributed by atoms with van der Waals surface area (Å²) in [5.74, 6) is -2.25. The zero-order chi connectivity index (χ0) is 14.9. The van der Waals surface area contributed by atoms with Crippen molar-refractivity contribution in [2.45, 2.75) is 6.92 Å². The standard InChI is InChI=1S/C15H13NO4/c1-8-2-4-10(12(6-8)14(17)18)11-5-3-9(16)7-13(11)15(19)20/h2-7H,16H2,1H3,(H,17,18)(H,19,20). The van der Waals surface area contributed by atoms with Crippen LogP contribution in [0.2, 0.25) is 0 Å². The van der Waals surface area contributed by atoms with Gasteiger partial charge in [-0.2, -0.15) is 0 Å². The molecule has 20 heavy (non-hydrogen) atoms. The molecule has 0 heterocycles. The van der Waals surface area contributed by atoms with Gasteiger partial charge in [0.05, 0.1) is 11.1 Å². The molecular formula is C15H13NO4. The van der Waals surface area contributed by atoms with Crippen LogP contribution in [0.1, 0.15) is 26.3 Å². The second-order valence-corrected chi connectivity index (χ2v) is 4.46. The van der Waals surface area contributed by atoms with Crippen molar-refractivity contribution in [1.82, 2.24) is 0 Å². The monoisotopic (exact) mass is 271 g/mol. The minimum atomic E-state index is -1.15. The summed E-state index contributed by atoms with van der Waals surface area (Å²) >= 11 is 0. The Hall–Kier alpha value is -2.82. The molecular weight excluding hydrogens is 258 g/mol. The first-order valence-corrected chi connectivity index (χ1v) is 5.87. The number of anilines is 1. The molecule has 0 saturated carbocycles. The van der Waals surface area contributed by atoms with Crippen molar-refractivity contribution in [3.63, 3.8) is 0 Å². The summed E-state index contributed by atoms with van der Waals surface area (Å²) in [5, 5.41) is 18.5. The zero-order valence-electron chi connectivity index (χ0n) is 10.8. The minimum absolute atomic E-state index is 0.0173. The topological polar surface area (TPSA) is 101 Å². The predicted octanol–water partition coefficient (Wildman–Crippen LogP) is 2.64. The van der Waals surface area contributed by atoms with Crippen LogP contribution in [0.15, 0.2) is 36.4 Å². The quantitative estimate of drug-likeness (QED) is 0.745. The van der Waals surface area contributed by atoms with E-state index in [0.717, 1.165) is 5.56 Å². The van der Waals surface area contributed by atoms with E-state index in [1.807, 2.05) is 0 Å². The third-order valence-corrected chi connectivity index (χ3v) is 2.97. The molecule has 0 saturated heterocycles. The van der Waals surface area contributed by atoms with Crippen molar-refractivity contribution >= 4 is 17.6 Å². The van der Waals surface area contributed by atoms with Gasteiger partial charge < -0.3 is 15.9 Å².